The maximum atomic E-state index is 13.2. The molecule has 0 amide bonds. The molecule has 0 spiro atoms. The zero-order valence-corrected chi connectivity index (χ0v) is 14.8. The van der Waals surface area contributed by atoms with Crippen molar-refractivity contribution < 1.29 is 9.66 Å². The van der Waals surface area contributed by atoms with Gasteiger partial charge in [-0.2, -0.15) is 0 Å². The van der Waals surface area contributed by atoms with Gasteiger partial charge in [0.1, 0.15) is 11.7 Å². The van der Waals surface area contributed by atoms with E-state index < -0.39 is 10.8 Å². The van der Waals surface area contributed by atoms with E-state index in [1.165, 1.54) is 4.57 Å². The summed E-state index contributed by atoms with van der Waals surface area (Å²) in [6, 6.07) is 16.3. The van der Waals surface area contributed by atoms with Crippen molar-refractivity contribution in [1.82, 2.24) is 9.88 Å². The molecule has 1 aliphatic heterocycles. The molecule has 27 heavy (non-hydrogen) atoms. The standard InChI is InChI=1S/C20H17N3O4/c1-21-19-17(23(25)26)15(12-8-4-3-5-9-12)16-18(27-19)13-10-6-7-11-14(13)22(2)20(16)24/h3-11,15,21H,1-2H3. The molecule has 7 heteroatoms. The third kappa shape index (κ3) is 2.47. The first-order chi connectivity index (χ1) is 13.0. The summed E-state index contributed by atoms with van der Waals surface area (Å²) in [6.07, 6.45) is 0. The second-order valence-electron chi connectivity index (χ2n) is 6.29. The fraction of sp³-hybridized carbons (Fsp3) is 0.150. The third-order valence-electron chi connectivity index (χ3n) is 4.85. The quantitative estimate of drug-likeness (QED) is 0.571. The number of benzene rings is 2. The first kappa shape index (κ1) is 16.8. The predicted molar refractivity (Wildman–Crippen MR) is 101 cm³/mol. The molecule has 4 rings (SSSR count). The summed E-state index contributed by atoms with van der Waals surface area (Å²) in [5.41, 5.74) is 1.14. The van der Waals surface area contributed by atoms with Crippen molar-refractivity contribution in [2.45, 2.75) is 5.92 Å². The van der Waals surface area contributed by atoms with Crippen LogP contribution < -0.4 is 15.6 Å². The van der Waals surface area contributed by atoms with E-state index in [9.17, 15) is 14.9 Å². The third-order valence-corrected chi connectivity index (χ3v) is 4.85. The molecular formula is C20H17N3O4. The highest BCUT2D eigenvalue weighted by molar-refractivity contribution is 5.87. The predicted octanol–water partition coefficient (Wildman–Crippen LogP) is 2.73. The zero-order chi connectivity index (χ0) is 19.1. The zero-order valence-electron chi connectivity index (χ0n) is 14.8. The Morgan fingerprint density at radius 3 is 2.44 bits per heavy atom. The van der Waals surface area contributed by atoms with Gasteiger partial charge in [0, 0.05) is 19.5 Å². The number of para-hydroxylation sites is 1. The molecule has 2 heterocycles. The SMILES string of the molecule is CNC1=C([N+](=O)[O-])C(c2ccccc2)c2c(c3ccccc3n(C)c2=O)O1. The second kappa shape index (κ2) is 6.28. The minimum absolute atomic E-state index is 0.0414. The number of aryl methyl sites for hydroxylation is 1. The molecule has 1 atom stereocenters. The van der Waals surface area contributed by atoms with Crippen LogP contribution in [0.2, 0.25) is 0 Å². The van der Waals surface area contributed by atoms with E-state index in [1.54, 1.807) is 38.4 Å². The largest absolute Gasteiger partial charge is 0.434 e. The molecule has 7 nitrogen and oxygen atoms in total. The molecule has 0 fully saturated rings. The van der Waals surface area contributed by atoms with Crippen LogP contribution in [0.25, 0.3) is 10.9 Å². The van der Waals surface area contributed by atoms with Crippen LogP contribution >= 0.6 is 0 Å². The van der Waals surface area contributed by atoms with Gasteiger partial charge in [0.05, 0.1) is 16.0 Å². The minimum atomic E-state index is -0.837. The Balaban J connectivity index is 2.15. The molecule has 2 aromatic carbocycles. The number of ether oxygens (including phenoxy) is 1. The lowest BCUT2D eigenvalue weighted by Gasteiger charge is -2.27. The number of allylic oxidation sites excluding steroid dienone is 1. The highest BCUT2D eigenvalue weighted by atomic mass is 16.6. The Morgan fingerprint density at radius 1 is 1.11 bits per heavy atom. The maximum absolute atomic E-state index is 13.2. The van der Waals surface area contributed by atoms with Gasteiger partial charge in [-0.3, -0.25) is 14.9 Å². The molecule has 1 aliphatic rings. The van der Waals surface area contributed by atoms with Crippen LogP contribution in [0, 0.1) is 10.1 Å². The first-order valence-electron chi connectivity index (χ1n) is 8.45. The highest BCUT2D eigenvalue weighted by Crippen LogP contribution is 2.43. The molecule has 0 saturated heterocycles. The van der Waals surface area contributed by atoms with Crippen LogP contribution in [0.3, 0.4) is 0 Å². The Labute approximate surface area is 154 Å². The highest BCUT2D eigenvalue weighted by Gasteiger charge is 2.42. The molecule has 3 aromatic rings. The van der Waals surface area contributed by atoms with Crippen LogP contribution in [0.15, 0.2) is 71.0 Å². The van der Waals surface area contributed by atoms with Crippen LogP contribution in [-0.4, -0.2) is 16.5 Å². The van der Waals surface area contributed by atoms with Crippen molar-refractivity contribution in [1.29, 1.82) is 0 Å². The molecule has 0 aliphatic carbocycles. The van der Waals surface area contributed by atoms with E-state index in [-0.39, 0.29) is 22.7 Å². The number of nitrogens with one attached hydrogen (secondary N) is 1. The minimum Gasteiger partial charge on any atom is -0.434 e. The van der Waals surface area contributed by atoms with Gasteiger partial charge in [-0.05, 0) is 17.7 Å². The summed E-state index contributed by atoms with van der Waals surface area (Å²) < 4.78 is 7.38. The van der Waals surface area contributed by atoms with Crippen LogP contribution in [0.4, 0.5) is 0 Å². The molecule has 0 radical (unpaired) electrons. The average Bonchev–Trinajstić information content (AvgIpc) is 2.71. The summed E-state index contributed by atoms with van der Waals surface area (Å²) in [7, 11) is 3.23. The van der Waals surface area contributed by atoms with Crippen molar-refractivity contribution >= 4 is 10.9 Å². The monoisotopic (exact) mass is 363 g/mol. The molecule has 1 aromatic heterocycles. The van der Waals surface area contributed by atoms with Gasteiger partial charge < -0.3 is 14.6 Å². The lowest BCUT2D eigenvalue weighted by Crippen LogP contribution is -2.34. The van der Waals surface area contributed by atoms with E-state index in [4.69, 9.17) is 4.74 Å². The van der Waals surface area contributed by atoms with E-state index in [1.807, 2.05) is 30.3 Å². The van der Waals surface area contributed by atoms with Crippen LogP contribution in [0.1, 0.15) is 17.0 Å². The number of pyridine rings is 1. The summed E-state index contributed by atoms with van der Waals surface area (Å²) >= 11 is 0. The summed E-state index contributed by atoms with van der Waals surface area (Å²) in [5.74, 6) is -0.437. The van der Waals surface area contributed by atoms with E-state index >= 15 is 0 Å². The number of nitro groups is 1. The number of fused-ring (bicyclic) bond motifs is 3. The van der Waals surface area contributed by atoms with E-state index in [2.05, 4.69) is 5.32 Å². The lowest BCUT2D eigenvalue weighted by atomic mass is 9.86. The average molecular weight is 363 g/mol. The fourth-order valence-corrected chi connectivity index (χ4v) is 3.61. The summed E-state index contributed by atoms with van der Waals surface area (Å²) in [6.45, 7) is 0. The first-order valence-corrected chi connectivity index (χ1v) is 8.45. The number of rotatable bonds is 3. The number of hydrogen-bond acceptors (Lipinski definition) is 5. The lowest BCUT2D eigenvalue weighted by molar-refractivity contribution is -0.432. The Morgan fingerprint density at radius 2 is 1.78 bits per heavy atom. The van der Waals surface area contributed by atoms with E-state index in [0.717, 1.165) is 5.39 Å². The summed E-state index contributed by atoms with van der Waals surface area (Å²) in [4.78, 5) is 24.6. The van der Waals surface area contributed by atoms with Crippen LogP contribution in [-0.2, 0) is 7.05 Å². The molecule has 1 unspecified atom stereocenters. The molecular weight excluding hydrogens is 346 g/mol. The van der Waals surface area contributed by atoms with E-state index in [0.29, 0.717) is 16.8 Å². The van der Waals surface area contributed by atoms with Gasteiger partial charge in [0.25, 0.3) is 11.4 Å². The van der Waals surface area contributed by atoms with Crippen molar-refractivity contribution in [3.63, 3.8) is 0 Å². The Hall–Kier alpha value is -3.61. The normalized spacial score (nSPS) is 16.0. The van der Waals surface area contributed by atoms with Crippen molar-refractivity contribution in [2.75, 3.05) is 7.05 Å². The molecule has 1 N–H and O–H groups in total. The van der Waals surface area contributed by atoms with Gasteiger partial charge in [0.15, 0.2) is 0 Å². The summed E-state index contributed by atoms with van der Waals surface area (Å²) in [5, 5.41) is 15.4. The number of nitrogens with zero attached hydrogens (tertiary/aromatic N) is 2. The smallest absolute Gasteiger partial charge is 0.317 e. The van der Waals surface area contributed by atoms with Gasteiger partial charge in [0.2, 0.25) is 0 Å². The molecule has 0 bridgehead atoms. The fourth-order valence-electron chi connectivity index (χ4n) is 3.61. The van der Waals surface area contributed by atoms with Crippen molar-refractivity contribution in [3.05, 3.63) is 97.8 Å². The van der Waals surface area contributed by atoms with Gasteiger partial charge in [-0.15, -0.1) is 0 Å². The van der Waals surface area contributed by atoms with Crippen LogP contribution in [0.5, 0.6) is 5.75 Å². The second-order valence-corrected chi connectivity index (χ2v) is 6.29. The maximum Gasteiger partial charge on any atom is 0.317 e. The van der Waals surface area contributed by atoms with Crippen molar-refractivity contribution in [2.24, 2.45) is 7.05 Å². The Bertz CT molecular complexity index is 1150. The Kier molecular flexibility index (Phi) is 3.92. The molecule has 136 valence electrons. The topological polar surface area (TPSA) is 86.4 Å². The van der Waals surface area contributed by atoms with Gasteiger partial charge in [-0.25, -0.2) is 0 Å². The van der Waals surface area contributed by atoms with Gasteiger partial charge in [-0.1, -0.05) is 42.5 Å². The number of aromatic nitrogens is 1. The van der Waals surface area contributed by atoms with Crippen molar-refractivity contribution in [3.8, 4) is 5.75 Å². The molecule has 0 saturated carbocycles. The van der Waals surface area contributed by atoms with Gasteiger partial charge >= 0.3 is 5.70 Å². The number of hydrogen-bond donors (Lipinski definition) is 1.